The van der Waals surface area contributed by atoms with E-state index in [0.717, 1.165) is 11.3 Å². The van der Waals surface area contributed by atoms with E-state index in [2.05, 4.69) is 10.3 Å². The van der Waals surface area contributed by atoms with Crippen LogP contribution in [0.1, 0.15) is 27.9 Å². The van der Waals surface area contributed by atoms with Gasteiger partial charge in [0.05, 0.1) is 16.4 Å². The summed E-state index contributed by atoms with van der Waals surface area (Å²) in [5, 5.41) is 10.6. The summed E-state index contributed by atoms with van der Waals surface area (Å²) in [5.41, 5.74) is 1.45. The Morgan fingerprint density at radius 2 is 1.59 bits per heavy atom. The average Bonchev–Trinajstić information content (AvgIpc) is 3.43. The molecular formula is C28H22ClF3N4O. The number of hydrogen-bond acceptors (Lipinski definition) is 3. The topological polar surface area (TPSA) is 70.2 Å². The Morgan fingerprint density at radius 3 is 2.27 bits per heavy atom. The van der Waals surface area contributed by atoms with Gasteiger partial charge in [-0.2, -0.15) is 13.2 Å². The predicted molar refractivity (Wildman–Crippen MR) is 139 cm³/mol. The molecule has 4 rings (SSSR count). The fraction of sp³-hybridized carbons (Fsp3) is 0.107. The molecule has 0 saturated carbocycles. The Bertz CT molecular complexity index is 1430. The van der Waals surface area contributed by atoms with Crippen LogP contribution in [0.4, 0.5) is 18.9 Å². The lowest BCUT2D eigenvalue weighted by Gasteiger charge is -2.12. The van der Waals surface area contributed by atoms with E-state index in [1.807, 2.05) is 53.4 Å². The predicted octanol–water partition coefficient (Wildman–Crippen LogP) is 7.15. The summed E-state index contributed by atoms with van der Waals surface area (Å²) in [4.78, 5) is 17.0. The molecule has 1 heterocycles. The van der Waals surface area contributed by atoms with Crippen molar-refractivity contribution in [2.45, 2.75) is 19.1 Å². The van der Waals surface area contributed by atoms with E-state index in [9.17, 15) is 18.0 Å². The molecule has 0 aliphatic carbocycles. The molecule has 9 heteroatoms. The van der Waals surface area contributed by atoms with Crippen molar-refractivity contribution in [2.75, 3.05) is 0 Å². The van der Waals surface area contributed by atoms with E-state index >= 15 is 0 Å². The van der Waals surface area contributed by atoms with Gasteiger partial charge in [-0.25, -0.2) is 0 Å². The molecule has 2 N–H and O–H groups in total. The number of amides is 1. The number of alkyl halides is 3. The zero-order chi connectivity index (χ0) is 26.4. The minimum Gasteiger partial charge on any atom is -0.348 e. The highest BCUT2D eigenvalue weighted by atomic mass is 35.5. The summed E-state index contributed by atoms with van der Waals surface area (Å²) in [6.07, 6.45) is -1.66. The molecule has 0 saturated heterocycles. The van der Waals surface area contributed by atoms with Gasteiger partial charge in [0.25, 0.3) is 5.91 Å². The van der Waals surface area contributed by atoms with Gasteiger partial charge in [0.2, 0.25) is 0 Å². The zero-order valence-corrected chi connectivity index (χ0v) is 20.2. The van der Waals surface area contributed by atoms with Crippen molar-refractivity contribution in [3.8, 4) is 5.69 Å². The van der Waals surface area contributed by atoms with Crippen LogP contribution >= 0.6 is 11.6 Å². The molecule has 5 nitrogen and oxygen atoms in total. The van der Waals surface area contributed by atoms with Gasteiger partial charge >= 0.3 is 6.18 Å². The number of benzene rings is 3. The molecule has 1 aromatic heterocycles. The number of carbonyl (C=O) groups excluding carboxylic acids is 1. The normalized spacial score (nSPS) is 11.8. The van der Waals surface area contributed by atoms with E-state index in [-0.39, 0.29) is 22.3 Å². The Kier molecular flexibility index (Phi) is 7.89. The van der Waals surface area contributed by atoms with Gasteiger partial charge in [-0.1, -0.05) is 48.0 Å². The Hall–Kier alpha value is -4.17. The molecule has 0 spiro atoms. The van der Waals surface area contributed by atoms with Crippen LogP contribution in [-0.2, 0) is 6.54 Å². The number of carbonyl (C=O) groups is 1. The number of para-hydroxylation sites is 1. The van der Waals surface area contributed by atoms with Gasteiger partial charge in [-0.15, -0.1) is 0 Å². The molecule has 0 fully saturated rings. The van der Waals surface area contributed by atoms with Crippen LogP contribution in [0.15, 0.2) is 102 Å². The monoisotopic (exact) mass is 522 g/mol. The van der Waals surface area contributed by atoms with Crippen LogP contribution in [0.3, 0.4) is 0 Å². The lowest BCUT2D eigenvalue weighted by Crippen LogP contribution is -2.25. The highest BCUT2D eigenvalue weighted by molar-refractivity contribution is 6.33. The third kappa shape index (κ3) is 6.74. The van der Waals surface area contributed by atoms with Crippen LogP contribution in [-0.4, -0.2) is 28.1 Å². The Labute approximate surface area is 216 Å². The van der Waals surface area contributed by atoms with Crippen LogP contribution in [0, 0.1) is 5.41 Å². The Morgan fingerprint density at radius 1 is 0.919 bits per heavy atom. The molecule has 0 unspecified atom stereocenters. The molecule has 188 valence electrons. The number of rotatable bonds is 8. The first-order valence-electron chi connectivity index (χ1n) is 11.3. The third-order valence-corrected chi connectivity index (χ3v) is 5.86. The molecule has 4 aromatic rings. The maximum atomic E-state index is 13.1. The molecular weight excluding hydrogens is 501 g/mol. The number of hydrogen-bond donors (Lipinski definition) is 2. The van der Waals surface area contributed by atoms with Gasteiger partial charge in [0, 0.05) is 36.6 Å². The van der Waals surface area contributed by atoms with Crippen molar-refractivity contribution in [1.29, 1.82) is 5.41 Å². The standard InChI is InChI=1S/C28H22ClF3N4O/c29-23-8-1-2-9-24(23)35-25(17-26(33)28(30,31)32)20-10-12-21(13-11-20)27(37)34-18-19-6-5-7-22(16-19)36-14-3-4-15-36/h1-16,33H,17-18H2,(H,34,37). The maximum Gasteiger partial charge on any atom is 0.429 e. The van der Waals surface area contributed by atoms with Gasteiger partial charge in [0.15, 0.2) is 0 Å². The van der Waals surface area contributed by atoms with Crippen molar-refractivity contribution in [3.63, 3.8) is 0 Å². The van der Waals surface area contributed by atoms with E-state index < -0.39 is 18.3 Å². The van der Waals surface area contributed by atoms with E-state index in [0.29, 0.717) is 17.7 Å². The van der Waals surface area contributed by atoms with Crippen LogP contribution < -0.4 is 5.32 Å². The first kappa shape index (κ1) is 25.9. The van der Waals surface area contributed by atoms with Crippen molar-refractivity contribution in [3.05, 3.63) is 119 Å². The highest BCUT2D eigenvalue weighted by Gasteiger charge is 2.35. The second-order valence-electron chi connectivity index (χ2n) is 8.18. The van der Waals surface area contributed by atoms with E-state index in [1.54, 1.807) is 24.3 Å². The van der Waals surface area contributed by atoms with Gasteiger partial charge in [0.1, 0.15) is 5.71 Å². The number of aliphatic imine (C=N–C) groups is 1. The first-order valence-corrected chi connectivity index (χ1v) is 11.7. The van der Waals surface area contributed by atoms with Gasteiger partial charge in [-0.3, -0.25) is 9.79 Å². The quantitative estimate of drug-likeness (QED) is 0.237. The van der Waals surface area contributed by atoms with Crippen molar-refractivity contribution in [1.82, 2.24) is 9.88 Å². The molecule has 0 radical (unpaired) electrons. The fourth-order valence-electron chi connectivity index (χ4n) is 3.59. The number of nitrogens with one attached hydrogen (secondary N) is 2. The molecule has 0 aliphatic rings. The number of halogens is 4. The van der Waals surface area contributed by atoms with E-state index in [1.165, 1.54) is 24.3 Å². The Balaban J connectivity index is 1.50. The zero-order valence-electron chi connectivity index (χ0n) is 19.5. The summed E-state index contributed by atoms with van der Waals surface area (Å²) < 4.78 is 41.2. The maximum absolute atomic E-state index is 13.1. The fourth-order valence-corrected chi connectivity index (χ4v) is 3.77. The van der Waals surface area contributed by atoms with E-state index in [4.69, 9.17) is 17.0 Å². The molecule has 37 heavy (non-hydrogen) atoms. The number of nitrogens with zero attached hydrogens (tertiary/aromatic N) is 2. The van der Waals surface area contributed by atoms with Gasteiger partial charge in [-0.05, 0) is 59.7 Å². The summed E-state index contributed by atoms with van der Waals surface area (Å²) >= 11 is 6.14. The summed E-state index contributed by atoms with van der Waals surface area (Å²) in [6, 6.07) is 24.2. The highest BCUT2D eigenvalue weighted by Crippen LogP contribution is 2.27. The molecule has 0 atom stereocenters. The summed E-state index contributed by atoms with van der Waals surface area (Å²) in [5.74, 6) is -0.328. The average molecular weight is 523 g/mol. The van der Waals surface area contributed by atoms with Crippen LogP contribution in [0.2, 0.25) is 5.02 Å². The van der Waals surface area contributed by atoms with Crippen molar-refractivity contribution >= 4 is 34.6 Å². The molecule has 0 bridgehead atoms. The van der Waals surface area contributed by atoms with Crippen LogP contribution in [0.5, 0.6) is 0 Å². The molecule has 0 aliphatic heterocycles. The lowest BCUT2D eigenvalue weighted by atomic mass is 10.0. The van der Waals surface area contributed by atoms with Crippen molar-refractivity contribution in [2.24, 2.45) is 4.99 Å². The lowest BCUT2D eigenvalue weighted by molar-refractivity contribution is -0.0605. The minimum atomic E-state index is -4.78. The molecule has 3 aromatic carbocycles. The largest absolute Gasteiger partial charge is 0.429 e. The molecule has 1 amide bonds. The summed E-state index contributed by atoms with van der Waals surface area (Å²) in [7, 11) is 0. The van der Waals surface area contributed by atoms with Crippen molar-refractivity contribution < 1.29 is 18.0 Å². The summed E-state index contributed by atoms with van der Waals surface area (Å²) in [6.45, 7) is 0.303. The van der Waals surface area contributed by atoms with Gasteiger partial charge < -0.3 is 15.3 Å². The number of aromatic nitrogens is 1. The first-order chi connectivity index (χ1) is 17.7. The minimum absolute atomic E-state index is 0.0178. The van der Waals surface area contributed by atoms with Crippen LogP contribution in [0.25, 0.3) is 5.69 Å². The third-order valence-electron chi connectivity index (χ3n) is 5.54. The second kappa shape index (κ2) is 11.3. The SMILES string of the molecule is N=C(CC(=Nc1ccccc1Cl)c1ccc(C(=O)NCc2cccc(-n3cccc3)c2)cc1)C(F)(F)F. The second-order valence-corrected chi connectivity index (χ2v) is 8.59. The smallest absolute Gasteiger partial charge is 0.348 e.